The van der Waals surface area contributed by atoms with E-state index in [1.165, 1.54) is 13.2 Å². The van der Waals surface area contributed by atoms with Gasteiger partial charge in [0.25, 0.3) is 11.8 Å². The van der Waals surface area contributed by atoms with Crippen LogP contribution in [-0.2, 0) is 16.2 Å². The van der Waals surface area contributed by atoms with Crippen LogP contribution in [0.3, 0.4) is 0 Å². The van der Waals surface area contributed by atoms with Gasteiger partial charge in [-0.1, -0.05) is 41.4 Å². The lowest BCUT2D eigenvalue weighted by atomic mass is 10.0. The lowest BCUT2D eigenvalue weighted by Crippen LogP contribution is -2.54. The van der Waals surface area contributed by atoms with Crippen molar-refractivity contribution in [1.82, 2.24) is 5.32 Å². The predicted octanol–water partition coefficient (Wildman–Crippen LogP) is 5.86. The number of urea groups is 1. The molecule has 0 saturated carbocycles. The molecule has 0 spiro atoms. The van der Waals surface area contributed by atoms with Crippen molar-refractivity contribution in [2.75, 3.05) is 12.0 Å². The summed E-state index contributed by atoms with van der Waals surface area (Å²) >= 11 is 12.0. The van der Waals surface area contributed by atoms with Crippen molar-refractivity contribution in [2.45, 2.75) is 20.5 Å². The van der Waals surface area contributed by atoms with Gasteiger partial charge in [-0.25, -0.2) is 9.69 Å². The average molecular weight is 525 g/mol. The van der Waals surface area contributed by atoms with Crippen LogP contribution in [0.25, 0.3) is 6.08 Å². The van der Waals surface area contributed by atoms with Crippen molar-refractivity contribution < 1.29 is 23.9 Å². The Kier molecular flexibility index (Phi) is 7.33. The molecule has 0 aromatic heterocycles. The van der Waals surface area contributed by atoms with E-state index >= 15 is 0 Å². The zero-order chi connectivity index (χ0) is 26.0. The van der Waals surface area contributed by atoms with E-state index in [0.29, 0.717) is 32.8 Å². The fraction of sp³-hybridized carbons (Fsp3) is 0.148. The fourth-order valence-electron chi connectivity index (χ4n) is 3.82. The van der Waals surface area contributed by atoms with E-state index in [0.717, 1.165) is 21.6 Å². The van der Waals surface area contributed by atoms with Crippen LogP contribution in [0.1, 0.15) is 22.3 Å². The van der Waals surface area contributed by atoms with Crippen molar-refractivity contribution in [1.29, 1.82) is 0 Å². The van der Waals surface area contributed by atoms with Crippen molar-refractivity contribution >= 4 is 52.8 Å². The Bertz CT molecular complexity index is 1400. The molecule has 0 unspecified atom stereocenters. The summed E-state index contributed by atoms with van der Waals surface area (Å²) in [6.45, 7) is 3.95. The summed E-state index contributed by atoms with van der Waals surface area (Å²) in [5.74, 6) is -0.635. The van der Waals surface area contributed by atoms with E-state index in [1.54, 1.807) is 48.5 Å². The number of rotatable bonds is 6. The van der Waals surface area contributed by atoms with E-state index in [-0.39, 0.29) is 12.2 Å². The molecule has 0 aliphatic carbocycles. The maximum Gasteiger partial charge on any atom is 0.335 e. The highest BCUT2D eigenvalue weighted by Crippen LogP contribution is 2.31. The third kappa shape index (κ3) is 5.37. The summed E-state index contributed by atoms with van der Waals surface area (Å²) in [6, 6.07) is 14.7. The number of ether oxygens (including phenoxy) is 2. The number of hydrogen-bond donors (Lipinski definition) is 1. The number of nitrogens with zero attached hydrogens (tertiary/aromatic N) is 1. The number of carbonyl (C=O) groups excluding carboxylic acids is 3. The lowest BCUT2D eigenvalue weighted by molar-refractivity contribution is -0.122. The Morgan fingerprint density at radius 1 is 0.889 bits per heavy atom. The molecule has 1 aliphatic rings. The van der Waals surface area contributed by atoms with Gasteiger partial charge in [0, 0.05) is 0 Å². The molecular formula is C27H22Cl2N2O5. The number of nitrogens with one attached hydrogen (secondary N) is 1. The zero-order valence-corrected chi connectivity index (χ0v) is 21.2. The van der Waals surface area contributed by atoms with Gasteiger partial charge in [0.15, 0.2) is 11.5 Å². The number of anilines is 1. The van der Waals surface area contributed by atoms with Gasteiger partial charge in [-0.05, 0) is 78.6 Å². The molecule has 4 amide bonds. The summed E-state index contributed by atoms with van der Waals surface area (Å²) in [4.78, 5) is 39.2. The summed E-state index contributed by atoms with van der Waals surface area (Å²) in [6.07, 6.45) is 1.41. The molecule has 3 aromatic carbocycles. The number of benzene rings is 3. The average Bonchev–Trinajstić information content (AvgIpc) is 2.82. The van der Waals surface area contributed by atoms with Gasteiger partial charge in [-0.15, -0.1) is 0 Å². The molecule has 1 aliphatic heterocycles. The second-order valence-electron chi connectivity index (χ2n) is 8.25. The molecule has 4 rings (SSSR count). The molecule has 7 nitrogen and oxygen atoms in total. The number of methoxy groups -OCH3 is 1. The Morgan fingerprint density at radius 2 is 1.61 bits per heavy atom. The van der Waals surface area contributed by atoms with Crippen molar-refractivity contribution in [3.63, 3.8) is 0 Å². The third-order valence-electron chi connectivity index (χ3n) is 5.44. The van der Waals surface area contributed by atoms with Gasteiger partial charge < -0.3 is 9.47 Å². The fourth-order valence-corrected chi connectivity index (χ4v) is 4.14. The van der Waals surface area contributed by atoms with Crippen LogP contribution >= 0.6 is 23.2 Å². The first-order valence-electron chi connectivity index (χ1n) is 10.9. The Balaban J connectivity index is 1.60. The first-order chi connectivity index (χ1) is 17.2. The number of imide groups is 2. The van der Waals surface area contributed by atoms with Gasteiger partial charge in [0.05, 0.1) is 22.8 Å². The van der Waals surface area contributed by atoms with Crippen molar-refractivity contribution in [3.05, 3.63) is 92.5 Å². The molecule has 0 atom stereocenters. The molecule has 1 heterocycles. The number of hydrogen-bond acceptors (Lipinski definition) is 5. The maximum atomic E-state index is 13.2. The normalized spacial score (nSPS) is 14.8. The Hall–Kier alpha value is -3.81. The third-order valence-corrected chi connectivity index (χ3v) is 6.18. The quantitative estimate of drug-likeness (QED) is 0.322. The monoisotopic (exact) mass is 524 g/mol. The predicted molar refractivity (Wildman–Crippen MR) is 139 cm³/mol. The molecule has 9 heteroatoms. The number of barbiturate groups is 1. The standard InChI is InChI=1S/C27H22Cl2N2O5/c1-15-8-16(2)10-19(9-15)31-26(33)20(25(32)30-27(31)34)11-17-5-7-23(24(13-17)35-3)36-14-18-4-6-21(28)22(29)12-18/h4-13H,14H2,1-3H3,(H,30,32,34)/b20-11+. The minimum absolute atomic E-state index is 0.180. The van der Waals surface area contributed by atoms with Gasteiger partial charge in [-0.3, -0.25) is 14.9 Å². The van der Waals surface area contributed by atoms with Crippen LogP contribution < -0.4 is 19.7 Å². The second-order valence-corrected chi connectivity index (χ2v) is 9.07. The van der Waals surface area contributed by atoms with Crippen LogP contribution in [-0.4, -0.2) is 25.0 Å². The molecule has 1 fully saturated rings. The molecule has 1 N–H and O–H groups in total. The molecule has 0 radical (unpaired) electrons. The summed E-state index contributed by atoms with van der Waals surface area (Å²) in [5.41, 5.74) is 3.31. The van der Waals surface area contributed by atoms with Gasteiger partial charge >= 0.3 is 6.03 Å². The molecule has 3 aromatic rings. The highest BCUT2D eigenvalue weighted by Gasteiger charge is 2.37. The van der Waals surface area contributed by atoms with E-state index in [4.69, 9.17) is 32.7 Å². The summed E-state index contributed by atoms with van der Waals surface area (Å²) in [5, 5.41) is 3.12. The zero-order valence-electron chi connectivity index (χ0n) is 19.7. The first kappa shape index (κ1) is 25.3. The van der Waals surface area contributed by atoms with Crippen LogP contribution in [0.5, 0.6) is 11.5 Å². The molecule has 1 saturated heterocycles. The lowest BCUT2D eigenvalue weighted by Gasteiger charge is -2.27. The van der Waals surface area contributed by atoms with E-state index in [9.17, 15) is 14.4 Å². The Morgan fingerprint density at radius 3 is 2.28 bits per heavy atom. The largest absolute Gasteiger partial charge is 0.493 e. The van der Waals surface area contributed by atoms with Crippen LogP contribution in [0, 0.1) is 13.8 Å². The van der Waals surface area contributed by atoms with E-state index in [1.807, 2.05) is 19.9 Å². The summed E-state index contributed by atoms with van der Waals surface area (Å²) < 4.78 is 11.3. The van der Waals surface area contributed by atoms with Crippen LogP contribution in [0.2, 0.25) is 10.0 Å². The SMILES string of the molecule is COc1cc(/C=C2\C(=O)NC(=O)N(c3cc(C)cc(C)c3)C2=O)ccc1OCc1ccc(Cl)c(Cl)c1. The van der Waals surface area contributed by atoms with Gasteiger partial charge in [-0.2, -0.15) is 0 Å². The highest BCUT2D eigenvalue weighted by molar-refractivity contribution is 6.42. The van der Waals surface area contributed by atoms with Crippen molar-refractivity contribution in [2.24, 2.45) is 0 Å². The smallest absolute Gasteiger partial charge is 0.335 e. The minimum atomic E-state index is -0.796. The number of halogens is 2. The topological polar surface area (TPSA) is 84.9 Å². The van der Waals surface area contributed by atoms with Gasteiger partial charge in [0.1, 0.15) is 12.2 Å². The van der Waals surface area contributed by atoms with Crippen LogP contribution in [0.4, 0.5) is 10.5 Å². The number of carbonyl (C=O) groups is 3. The Labute approximate surface area is 218 Å². The molecule has 36 heavy (non-hydrogen) atoms. The van der Waals surface area contributed by atoms with Crippen molar-refractivity contribution in [3.8, 4) is 11.5 Å². The van der Waals surface area contributed by atoms with E-state index in [2.05, 4.69) is 5.32 Å². The minimum Gasteiger partial charge on any atom is -0.493 e. The van der Waals surface area contributed by atoms with Crippen LogP contribution in [0.15, 0.2) is 60.2 Å². The summed E-state index contributed by atoms with van der Waals surface area (Å²) in [7, 11) is 1.48. The molecule has 184 valence electrons. The highest BCUT2D eigenvalue weighted by atomic mass is 35.5. The molecule has 0 bridgehead atoms. The first-order valence-corrected chi connectivity index (χ1v) is 11.7. The number of aryl methyl sites for hydroxylation is 2. The number of amides is 4. The van der Waals surface area contributed by atoms with E-state index < -0.39 is 17.8 Å². The molecular weight excluding hydrogens is 503 g/mol. The maximum absolute atomic E-state index is 13.2. The van der Waals surface area contributed by atoms with Gasteiger partial charge in [0.2, 0.25) is 0 Å². The second kappa shape index (κ2) is 10.4.